The summed E-state index contributed by atoms with van der Waals surface area (Å²) in [5, 5.41) is 6.02. The highest BCUT2D eigenvalue weighted by molar-refractivity contribution is 7.89. The van der Waals surface area contributed by atoms with Gasteiger partial charge in [-0.1, -0.05) is 6.92 Å². The summed E-state index contributed by atoms with van der Waals surface area (Å²) in [6.45, 7) is 4.24. The average Bonchev–Trinajstić information content (AvgIpc) is 2.65. The van der Waals surface area contributed by atoms with Gasteiger partial charge in [0.25, 0.3) is 0 Å². The first kappa shape index (κ1) is 19.7. The molecule has 0 aliphatic carbocycles. The molecule has 1 aliphatic heterocycles. The van der Waals surface area contributed by atoms with Crippen LogP contribution in [0.3, 0.4) is 0 Å². The minimum atomic E-state index is -3.60. The van der Waals surface area contributed by atoms with Crippen LogP contribution in [0, 0.1) is 5.92 Å². The number of hydrogen-bond donors (Lipinski definition) is 3. The fourth-order valence-electron chi connectivity index (χ4n) is 2.79. The van der Waals surface area contributed by atoms with E-state index >= 15 is 0 Å². The van der Waals surface area contributed by atoms with Crippen LogP contribution < -0.4 is 20.1 Å². The maximum atomic E-state index is 12.6. The summed E-state index contributed by atoms with van der Waals surface area (Å²) in [5.41, 5.74) is 0.631. The van der Waals surface area contributed by atoms with Crippen LogP contribution in [0.15, 0.2) is 23.1 Å². The van der Waals surface area contributed by atoms with Gasteiger partial charge in [0.15, 0.2) is 0 Å². The zero-order valence-corrected chi connectivity index (χ0v) is 15.6. The van der Waals surface area contributed by atoms with E-state index in [1.54, 1.807) is 19.1 Å². The van der Waals surface area contributed by atoms with Gasteiger partial charge in [-0.3, -0.25) is 4.79 Å². The van der Waals surface area contributed by atoms with E-state index in [4.69, 9.17) is 4.74 Å². The van der Waals surface area contributed by atoms with Gasteiger partial charge in [-0.15, -0.1) is 0 Å². The number of ether oxygens (including phenoxy) is 1. The number of benzene rings is 1. The summed E-state index contributed by atoms with van der Waals surface area (Å²) in [4.78, 5) is 11.6. The maximum absolute atomic E-state index is 12.6. The van der Waals surface area contributed by atoms with E-state index in [9.17, 15) is 13.2 Å². The Kier molecular flexibility index (Phi) is 7.22. The number of carbonyl (C=O) groups is 1. The summed E-state index contributed by atoms with van der Waals surface area (Å²) >= 11 is 0. The first-order valence-electron chi connectivity index (χ1n) is 8.60. The molecule has 1 atom stereocenters. The highest BCUT2D eigenvalue weighted by Crippen LogP contribution is 2.22. The molecular weight excluding hydrogens is 342 g/mol. The molecule has 0 spiro atoms. The molecule has 0 saturated carbocycles. The lowest BCUT2D eigenvalue weighted by molar-refractivity contribution is -0.120. The van der Waals surface area contributed by atoms with Crippen LogP contribution in [-0.4, -0.2) is 41.1 Å². The second-order valence-corrected chi connectivity index (χ2v) is 7.94. The second kappa shape index (κ2) is 9.17. The zero-order chi connectivity index (χ0) is 18.3. The van der Waals surface area contributed by atoms with E-state index in [1.165, 1.54) is 13.2 Å². The number of sulfonamides is 1. The predicted molar refractivity (Wildman–Crippen MR) is 95.9 cm³/mol. The third kappa shape index (κ3) is 5.69. The Morgan fingerprint density at radius 3 is 2.84 bits per heavy atom. The first-order chi connectivity index (χ1) is 12.0. The molecule has 8 heteroatoms. The van der Waals surface area contributed by atoms with Gasteiger partial charge in [-0.05, 0) is 50.0 Å². The summed E-state index contributed by atoms with van der Waals surface area (Å²) in [7, 11) is -2.08. The number of hydrogen-bond acceptors (Lipinski definition) is 5. The summed E-state index contributed by atoms with van der Waals surface area (Å²) in [6, 6.07) is 4.69. The molecule has 1 amide bonds. The van der Waals surface area contributed by atoms with Crippen LogP contribution in [-0.2, 0) is 21.4 Å². The van der Waals surface area contributed by atoms with Crippen molar-refractivity contribution in [1.82, 2.24) is 15.4 Å². The molecule has 1 saturated heterocycles. The molecule has 2 rings (SSSR count). The zero-order valence-electron chi connectivity index (χ0n) is 14.8. The van der Waals surface area contributed by atoms with Gasteiger partial charge in [0, 0.05) is 25.1 Å². The molecule has 0 bridgehead atoms. The monoisotopic (exact) mass is 369 g/mol. The van der Waals surface area contributed by atoms with Gasteiger partial charge in [-0.2, -0.15) is 0 Å². The van der Waals surface area contributed by atoms with Crippen molar-refractivity contribution < 1.29 is 17.9 Å². The molecule has 7 nitrogen and oxygen atoms in total. The lowest BCUT2D eigenvalue weighted by Gasteiger charge is -2.23. The third-order valence-corrected chi connectivity index (χ3v) is 5.74. The highest BCUT2D eigenvalue weighted by atomic mass is 32.2. The van der Waals surface area contributed by atoms with E-state index in [2.05, 4.69) is 15.4 Å². The van der Waals surface area contributed by atoms with Crippen molar-refractivity contribution in [2.75, 3.05) is 26.7 Å². The molecule has 1 fully saturated rings. The number of amides is 1. The summed E-state index contributed by atoms with van der Waals surface area (Å²) < 4.78 is 33.1. The molecule has 1 unspecified atom stereocenters. The van der Waals surface area contributed by atoms with Crippen molar-refractivity contribution in [3.63, 3.8) is 0 Å². The normalized spacial score (nSPS) is 17.9. The summed E-state index contributed by atoms with van der Waals surface area (Å²) in [5.74, 6) is 0.759. The molecule has 1 aliphatic rings. The van der Waals surface area contributed by atoms with Crippen molar-refractivity contribution in [3.8, 4) is 5.75 Å². The molecular formula is C17H27N3O4S. The maximum Gasteiger partial charge on any atom is 0.240 e. The Morgan fingerprint density at radius 2 is 2.20 bits per heavy atom. The van der Waals surface area contributed by atoms with E-state index < -0.39 is 10.0 Å². The van der Waals surface area contributed by atoms with Gasteiger partial charge in [0.2, 0.25) is 15.9 Å². The predicted octanol–water partition coefficient (Wildman–Crippen LogP) is 0.999. The Morgan fingerprint density at radius 1 is 1.40 bits per heavy atom. The van der Waals surface area contributed by atoms with Gasteiger partial charge in [-0.25, -0.2) is 13.1 Å². The van der Waals surface area contributed by atoms with E-state index in [-0.39, 0.29) is 17.3 Å². The van der Waals surface area contributed by atoms with E-state index in [0.29, 0.717) is 30.2 Å². The molecule has 1 aromatic carbocycles. The minimum Gasteiger partial charge on any atom is -0.496 e. The van der Waals surface area contributed by atoms with E-state index in [0.717, 1.165) is 25.9 Å². The van der Waals surface area contributed by atoms with Crippen LogP contribution in [0.25, 0.3) is 0 Å². The second-order valence-electron chi connectivity index (χ2n) is 6.17. The molecule has 0 aromatic heterocycles. The van der Waals surface area contributed by atoms with Crippen molar-refractivity contribution in [2.24, 2.45) is 5.92 Å². The quantitative estimate of drug-likeness (QED) is 0.635. The molecule has 140 valence electrons. The number of carbonyl (C=O) groups excluding carboxylic acids is 1. The van der Waals surface area contributed by atoms with Crippen LogP contribution in [0.5, 0.6) is 5.75 Å². The van der Waals surface area contributed by atoms with Crippen LogP contribution in [0.1, 0.15) is 31.7 Å². The van der Waals surface area contributed by atoms with Crippen LogP contribution >= 0.6 is 0 Å². The summed E-state index contributed by atoms with van der Waals surface area (Å²) in [6.07, 6.45) is 2.46. The fraction of sp³-hybridized carbons (Fsp3) is 0.588. The topological polar surface area (TPSA) is 96.5 Å². The van der Waals surface area contributed by atoms with Crippen LogP contribution in [0.4, 0.5) is 0 Å². The average molecular weight is 369 g/mol. The van der Waals surface area contributed by atoms with Crippen molar-refractivity contribution in [1.29, 1.82) is 0 Å². The molecule has 1 heterocycles. The molecule has 0 radical (unpaired) electrons. The van der Waals surface area contributed by atoms with Gasteiger partial charge < -0.3 is 15.4 Å². The Bertz CT molecular complexity index is 685. The smallest absolute Gasteiger partial charge is 0.240 e. The lowest BCUT2D eigenvalue weighted by Crippen LogP contribution is -2.38. The fourth-order valence-corrected chi connectivity index (χ4v) is 3.95. The lowest BCUT2D eigenvalue weighted by atomic mass is 10.0. The van der Waals surface area contributed by atoms with Gasteiger partial charge >= 0.3 is 0 Å². The van der Waals surface area contributed by atoms with E-state index in [1.807, 2.05) is 0 Å². The molecule has 25 heavy (non-hydrogen) atoms. The number of rotatable bonds is 8. The SMILES string of the molecule is CCC(=O)NCc1cc(S(=O)(=O)NCC2CCCNC2)ccc1OC. The molecule has 1 aromatic rings. The van der Waals surface area contributed by atoms with Crippen LogP contribution in [0.2, 0.25) is 0 Å². The van der Waals surface area contributed by atoms with Gasteiger partial charge in [0.05, 0.1) is 12.0 Å². The first-order valence-corrected chi connectivity index (χ1v) is 10.1. The standard InChI is InChI=1S/C17H27N3O4S/c1-3-17(21)19-12-14-9-15(6-7-16(14)24-2)25(22,23)20-11-13-5-4-8-18-10-13/h6-7,9,13,18,20H,3-5,8,10-12H2,1-2H3,(H,19,21). The van der Waals surface area contributed by atoms with Crippen molar-refractivity contribution in [2.45, 2.75) is 37.6 Å². The number of nitrogens with one attached hydrogen (secondary N) is 3. The third-order valence-electron chi connectivity index (χ3n) is 4.32. The number of methoxy groups -OCH3 is 1. The number of piperidine rings is 1. The highest BCUT2D eigenvalue weighted by Gasteiger charge is 2.20. The van der Waals surface area contributed by atoms with Crippen molar-refractivity contribution in [3.05, 3.63) is 23.8 Å². The Hall–Kier alpha value is -1.64. The Labute approximate surface area is 149 Å². The molecule has 3 N–H and O–H groups in total. The van der Waals surface area contributed by atoms with Gasteiger partial charge in [0.1, 0.15) is 5.75 Å². The van der Waals surface area contributed by atoms with Crippen molar-refractivity contribution >= 4 is 15.9 Å². The minimum absolute atomic E-state index is 0.0989. The Balaban J connectivity index is 2.09. The largest absolute Gasteiger partial charge is 0.496 e.